The van der Waals surface area contributed by atoms with Crippen LogP contribution < -0.4 is 0 Å². The van der Waals surface area contributed by atoms with Gasteiger partial charge in [0, 0.05) is 0 Å². The van der Waals surface area contributed by atoms with Crippen molar-refractivity contribution in [3.8, 4) is 12.1 Å². The molecule has 0 aliphatic heterocycles. The highest BCUT2D eigenvalue weighted by molar-refractivity contribution is 5.38. The zero-order chi connectivity index (χ0) is 16.8. The van der Waals surface area contributed by atoms with Crippen LogP contribution in [-0.2, 0) is 0 Å². The van der Waals surface area contributed by atoms with E-state index < -0.39 is 11.8 Å². The highest BCUT2D eigenvalue weighted by Crippen LogP contribution is 2.26. The van der Waals surface area contributed by atoms with Crippen LogP contribution in [0.1, 0.15) is 34.4 Å². The molecule has 1 heterocycles. The van der Waals surface area contributed by atoms with Gasteiger partial charge in [-0.3, -0.25) is 4.98 Å². The molecule has 3 rings (SSSR count). The van der Waals surface area contributed by atoms with Crippen molar-refractivity contribution < 1.29 is 0 Å². The minimum atomic E-state index is -0.443. The lowest BCUT2D eigenvalue weighted by molar-refractivity contribution is 0.894. The first-order valence-corrected chi connectivity index (χ1v) is 7.69. The Kier molecular flexibility index (Phi) is 4.65. The largest absolute Gasteiger partial charge is 0.254 e. The van der Waals surface area contributed by atoms with E-state index in [4.69, 9.17) is 0 Å². The van der Waals surface area contributed by atoms with Crippen molar-refractivity contribution in [1.29, 1.82) is 10.5 Å². The van der Waals surface area contributed by atoms with Gasteiger partial charge in [0.25, 0.3) is 0 Å². The molecule has 0 aliphatic carbocycles. The first kappa shape index (κ1) is 15.5. The van der Waals surface area contributed by atoms with Gasteiger partial charge in [-0.05, 0) is 23.3 Å². The van der Waals surface area contributed by atoms with Gasteiger partial charge in [0.2, 0.25) is 0 Å². The topological polar surface area (TPSA) is 60.5 Å². The normalized spacial score (nSPS) is 12.6. The summed E-state index contributed by atoms with van der Waals surface area (Å²) in [5.74, 6) is -0.887. The molecular weight excluding hydrogens is 294 g/mol. The van der Waals surface area contributed by atoms with E-state index in [2.05, 4.69) is 17.1 Å². The van der Waals surface area contributed by atoms with E-state index in [0.29, 0.717) is 11.4 Å². The number of rotatable bonds is 4. The summed E-state index contributed by atoms with van der Waals surface area (Å²) in [6, 6.07) is 29.3. The number of pyridine rings is 1. The van der Waals surface area contributed by atoms with E-state index in [9.17, 15) is 10.5 Å². The molecule has 0 amide bonds. The van der Waals surface area contributed by atoms with E-state index in [1.807, 2.05) is 78.9 Å². The summed E-state index contributed by atoms with van der Waals surface area (Å²) < 4.78 is 0. The molecule has 24 heavy (non-hydrogen) atoms. The molecule has 3 aromatic rings. The first-order chi connectivity index (χ1) is 11.8. The van der Waals surface area contributed by atoms with Crippen LogP contribution in [0.25, 0.3) is 0 Å². The minimum absolute atomic E-state index is 0.443. The van der Waals surface area contributed by atoms with E-state index in [0.717, 1.165) is 11.1 Å². The maximum Gasteiger partial charge on any atom is 0.113 e. The van der Waals surface area contributed by atoms with Crippen molar-refractivity contribution in [2.75, 3.05) is 0 Å². The van der Waals surface area contributed by atoms with Crippen molar-refractivity contribution in [1.82, 2.24) is 4.98 Å². The van der Waals surface area contributed by atoms with Crippen molar-refractivity contribution in [3.63, 3.8) is 0 Å². The van der Waals surface area contributed by atoms with E-state index in [1.165, 1.54) is 0 Å². The van der Waals surface area contributed by atoms with Crippen LogP contribution in [0.15, 0.2) is 78.9 Å². The van der Waals surface area contributed by atoms with Gasteiger partial charge in [-0.2, -0.15) is 10.5 Å². The summed E-state index contributed by atoms with van der Waals surface area (Å²) >= 11 is 0. The Hall–Kier alpha value is -3.43. The molecule has 0 aliphatic rings. The fraction of sp³-hybridized carbons (Fsp3) is 0.0952. The molecule has 3 nitrogen and oxygen atoms in total. The Bertz CT molecular complexity index is 817. The number of hydrogen-bond acceptors (Lipinski definition) is 3. The number of hydrogen-bond donors (Lipinski definition) is 0. The third kappa shape index (κ3) is 3.16. The van der Waals surface area contributed by atoms with Gasteiger partial charge < -0.3 is 0 Å². The Morgan fingerprint density at radius 1 is 0.583 bits per heavy atom. The summed E-state index contributed by atoms with van der Waals surface area (Å²) in [5, 5.41) is 19.2. The fourth-order valence-corrected chi connectivity index (χ4v) is 2.70. The highest BCUT2D eigenvalue weighted by atomic mass is 14.7. The molecule has 0 saturated heterocycles. The molecule has 3 heteroatoms. The molecule has 0 radical (unpaired) electrons. The van der Waals surface area contributed by atoms with Crippen LogP contribution in [0, 0.1) is 22.7 Å². The van der Waals surface area contributed by atoms with Crippen LogP contribution in [0.5, 0.6) is 0 Å². The third-order valence-corrected chi connectivity index (χ3v) is 3.91. The van der Waals surface area contributed by atoms with E-state index >= 15 is 0 Å². The molecule has 0 bridgehead atoms. The summed E-state index contributed by atoms with van der Waals surface area (Å²) in [7, 11) is 0. The van der Waals surface area contributed by atoms with Crippen molar-refractivity contribution in [2.45, 2.75) is 11.8 Å². The van der Waals surface area contributed by atoms with Gasteiger partial charge in [0.15, 0.2) is 0 Å². The third-order valence-electron chi connectivity index (χ3n) is 3.91. The summed E-state index contributed by atoms with van der Waals surface area (Å²) in [6.07, 6.45) is 0. The van der Waals surface area contributed by atoms with Crippen LogP contribution in [-0.4, -0.2) is 4.98 Å². The van der Waals surface area contributed by atoms with Crippen LogP contribution in [0.2, 0.25) is 0 Å². The number of aromatic nitrogens is 1. The molecule has 2 aromatic carbocycles. The number of nitrogens with zero attached hydrogens (tertiary/aromatic N) is 3. The smallest absolute Gasteiger partial charge is 0.113 e. The lowest BCUT2D eigenvalue weighted by Crippen LogP contribution is -2.06. The number of nitriles is 2. The molecule has 2 atom stereocenters. The Morgan fingerprint density at radius 3 is 1.38 bits per heavy atom. The second-order valence-corrected chi connectivity index (χ2v) is 5.43. The zero-order valence-corrected chi connectivity index (χ0v) is 13.0. The van der Waals surface area contributed by atoms with E-state index in [-0.39, 0.29) is 0 Å². The monoisotopic (exact) mass is 309 g/mol. The zero-order valence-electron chi connectivity index (χ0n) is 13.0. The predicted octanol–water partition coefficient (Wildman–Crippen LogP) is 4.39. The van der Waals surface area contributed by atoms with Crippen LogP contribution in [0.4, 0.5) is 0 Å². The van der Waals surface area contributed by atoms with Gasteiger partial charge in [-0.1, -0.05) is 66.7 Å². The minimum Gasteiger partial charge on any atom is -0.254 e. The maximum absolute atomic E-state index is 9.58. The molecule has 114 valence electrons. The molecule has 1 aromatic heterocycles. The van der Waals surface area contributed by atoms with Gasteiger partial charge >= 0.3 is 0 Å². The fourth-order valence-electron chi connectivity index (χ4n) is 2.70. The highest BCUT2D eigenvalue weighted by Gasteiger charge is 2.19. The SMILES string of the molecule is N#CC(c1ccccc1)c1cccc(C(C#N)c2ccccc2)n1. The van der Waals surface area contributed by atoms with E-state index in [1.54, 1.807) is 0 Å². The summed E-state index contributed by atoms with van der Waals surface area (Å²) in [6.45, 7) is 0. The maximum atomic E-state index is 9.58. The van der Waals surface area contributed by atoms with Crippen molar-refractivity contribution >= 4 is 0 Å². The Morgan fingerprint density at radius 2 is 1.00 bits per heavy atom. The molecule has 0 N–H and O–H groups in total. The second-order valence-electron chi connectivity index (χ2n) is 5.43. The molecule has 2 unspecified atom stereocenters. The summed E-state index contributed by atoms with van der Waals surface area (Å²) in [4.78, 5) is 4.62. The Balaban J connectivity index is 2.00. The average Bonchev–Trinajstić information content (AvgIpc) is 2.65. The second kappa shape index (κ2) is 7.22. The van der Waals surface area contributed by atoms with Crippen molar-refractivity contribution in [3.05, 3.63) is 101 Å². The summed E-state index contributed by atoms with van der Waals surface area (Å²) in [5.41, 5.74) is 3.13. The lowest BCUT2D eigenvalue weighted by Gasteiger charge is -2.13. The van der Waals surface area contributed by atoms with Crippen LogP contribution in [0.3, 0.4) is 0 Å². The number of benzene rings is 2. The molecule has 0 fully saturated rings. The van der Waals surface area contributed by atoms with Gasteiger partial charge in [0.1, 0.15) is 11.8 Å². The lowest BCUT2D eigenvalue weighted by atomic mass is 9.93. The van der Waals surface area contributed by atoms with Gasteiger partial charge in [-0.25, -0.2) is 0 Å². The van der Waals surface area contributed by atoms with Gasteiger partial charge in [-0.15, -0.1) is 0 Å². The average molecular weight is 309 g/mol. The standard InChI is InChI=1S/C21H15N3/c22-14-18(16-8-3-1-4-9-16)20-12-7-13-21(24-20)19(15-23)17-10-5-2-6-11-17/h1-13,18-19H. The predicted molar refractivity (Wildman–Crippen MR) is 92.0 cm³/mol. The molecular formula is C21H15N3. The quantitative estimate of drug-likeness (QED) is 0.718. The molecule has 0 spiro atoms. The molecule has 0 saturated carbocycles. The van der Waals surface area contributed by atoms with Gasteiger partial charge in [0.05, 0.1) is 23.5 Å². The first-order valence-electron chi connectivity index (χ1n) is 7.69. The van der Waals surface area contributed by atoms with Crippen molar-refractivity contribution in [2.24, 2.45) is 0 Å². The Labute approximate surface area is 141 Å². The van der Waals surface area contributed by atoms with Crippen LogP contribution >= 0.6 is 0 Å².